The SMILES string of the molecule is CC(CSCOC(=O)NCCOC(=O)C(CCCCN=C=O)N=C=O)C(N)=O. The highest BCUT2D eigenvalue weighted by Gasteiger charge is 2.18. The molecule has 0 aromatic heterocycles. The topological polar surface area (TPSA) is 167 Å². The van der Waals surface area contributed by atoms with Crippen LogP contribution in [0, 0.1) is 5.92 Å². The maximum absolute atomic E-state index is 11.9. The molecule has 2 atom stereocenters. The molecule has 2 amide bonds. The zero-order chi connectivity index (χ0) is 21.2. The third kappa shape index (κ3) is 13.5. The molecule has 3 N–H and O–H groups in total. The number of hydrogen-bond donors (Lipinski definition) is 2. The summed E-state index contributed by atoms with van der Waals surface area (Å²) in [4.78, 5) is 61.3. The smallest absolute Gasteiger partial charge is 0.408 e. The van der Waals surface area contributed by atoms with Gasteiger partial charge in [0.15, 0.2) is 6.04 Å². The number of nitrogens with one attached hydrogen (secondary N) is 1. The predicted molar refractivity (Wildman–Crippen MR) is 99.9 cm³/mol. The number of rotatable bonds is 15. The van der Waals surface area contributed by atoms with Crippen molar-refractivity contribution in [1.29, 1.82) is 0 Å². The highest BCUT2D eigenvalue weighted by atomic mass is 32.2. The minimum Gasteiger partial charge on any atom is -0.462 e. The van der Waals surface area contributed by atoms with E-state index in [1.807, 2.05) is 0 Å². The van der Waals surface area contributed by atoms with Crippen molar-refractivity contribution < 1.29 is 33.4 Å². The predicted octanol–water partition coefficient (Wildman–Crippen LogP) is 0.278. The fraction of sp³-hybridized carbons (Fsp3) is 0.688. The quantitative estimate of drug-likeness (QED) is 0.126. The van der Waals surface area contributed by atoms with Crippen molar-refractivity contribution in [3.63, 3.8) is 0 Å². The van der Waals surface area contributed by atoms with E-state index in [4.69, 9.17) is 15.2 Å². The second kappa shape index (κ2) is 16.5. The van der Waals surface area contributed by atoms with E-state index in [0.717, 1.165) is 0 Å². The van der Waals surface area contributed by atoms with Crippen LogP contribution in [0.1, 0.15) is 26.2 Å². The summed E-state index contributed by atoms with van der Waals surface area (Å²) in [6, 6.07) is -0.992. The molecule has 0 rings (SSSR count). The molecule has 0 saturated carbocycles. The molecule has 0 bridgehead atoms. The van der Waals surface area contributed by atoms with Crippen LogP contribution >= 0.6 is 11.8 Å². The number of thioether (sulfide) groups is 1. The molecule has 0 aliphatic carbocycles. The van der Waals surface area contributed by atoms with Crippen molar-refractivity contribution in [2.75, 3.05) is 31.4 Å². The Hall–Kier alpha value is -2.68. The van der Waals surface area contributed by atoms with E-state index >= 15 is 0 Å². The van der Waals surface area contributed by atoms with Gasteiger partial charge < -0.3 is 20.5 Å². The number of carbonyl (C=O) groups excluding carboxylic acids is 5. The van der Waals surface area contributed by atoms with Gasteiger partial charge in [-0.3, -0.25) is 4.79 Å². The third-order valence-electron chi connectivity index (χ3n) is 3.29. The Balaban J connectivity index is 3.94. The summed E-state index contributed by atoms with van der Waals surface area (Å²) in [7, 11) is 0. The van der Waals surface area contributed by atoms with Crippen molar-refractivity contribution in [2.24, 2.45) is 21.6 Å². The van der Waals surface area contributed by atoms with Gasteiger partial charge in [0, 0.05) is 11.7 Å². The average molecular weight is 416 g/mol. The van der Waals surface area contributed by atoms with E-state index in [1.165, 1.54) is 23.9 Å². The maximum atomic E-state index is 11.9. The van der Waals surface area contributed by atoms with Crippen molar-refractivity contribution in [3.8, 4) is 0 Å². The van der Waals surface area contributed by atoms with Gasteiger partial charge in [-0.25, -0.2) is 24.2 Å². The average Bonchev–Trinajstić information content (AvgIpc) is 2.67. The van der Waals surface area contributed by atoms with Crippen LogP contribution in [-0.2, 0) is 28.7 Å². The van der Waals surface area contributed by atoms with Crippen LogP contribution in [0.25, 0.3) is 0 Å². The second-order valence-electron chi connectivity index (χ2n) is 5.52. The molecule has 0 aromatic rings. The number of ether oxygens (including phenoxy) is 2. The van der Waals surface area contributed by atoms with Gasteiger partial charge in [0.2, 0.25) is 18.1 Å². The molecule has 0 aliphatic rings. The molecule has 2 unspecified atom stereocenters. The maximum Gasteiger partial charge on any atom is 0.408 e. The Bertz CT molecular complexity index is 604. The van der Waals surface area contributed by atoms with E-state index in [-0.39, 0.29) is 38.0 Å². The lowest BCUT2D eigenvalue weighted by molar-refractivity contribution is -0.145. The first-order valence-electron chi connectivity index (χ1n) is 8.47. The highest BCUT2D eigenvalue weighted by Crippen LogP contribution is 2.08. The molecule has 0 saturated heterocycles. The normalized spacial score (nSPS) is 11.9. The lowest BCUT2D eigenvalue weighted by Crippen LogP contribution is -2.30. The molecule has 11 nitrogen and oxygen atoms in total. The Morgan fingerprint density at radius 3 is 2.57 bits per heavy atom. The summed E-state index contributed by atoms with van der Waals surface area (Å²) in [5.41, 5.74) is 5.11. The number of aliphatic imine (C=N–C) groups is 2. The number of carbonyl (C=O) groups is 3. The van der Waals surface area contributed by atoms with E-state index < -0.39 is 24.0 Å². The lowest BCUT2D eigenvalue weighted by atomic mass is 10.1. The minimum atomic E-state index is -0.992. The van der Waals surface area contributed by atoms with Gasteiger partial charge >= 0.3 is 12.1 Å². The summed E-state index contributed by atoms with van der Waals surface area (Å²) in [6.45, 7) is 1.84. The molecule has 0 spiro atoms. The number of esters is 1. The first-order chi connectivity index (χ1) is 13.4. The van der Waals surface area contributed by atoms with E-state index in [1.54, 1.807) is 6.92 Å². The molecular formula is C16H24N4O7S. The van der Waals surface area contributed by atoms with Gasteiger partial charge in [0.25, 0.3) is 0 Å². The molecule has 28 heavy (non-hydrogen) atoms. The van der Waals surface area contributed by atoms with E-state index in [9.17, 15) is 24.0 Å². The minimum absolute atomic E-state index is 0.0124. The van der Waals surface area contributed by atoms with Gasteiger partial charge in [-0.1, -0.05) is 6.92 Å². The Morgan fingerprint density at radius 2 is 1.93 bits per heavy atom. The fourth-order valence-corrected chi connectivity index (χ4v) is 2.53. The Kier molecular flexibility index (Phi) is 14.9. The number of isocyanates is 2. The molecule has 156 valence electrons. The largest absolute Gasteiger partial charge is 0.462 e. The molecule has 0 fully saturated rings. The van der Waals surface area contributed by atoms with Crippen molar-refractivity contribution in [1.82, 2.24) is 5.32 Å². The number of nitrogens with two attached hydrogens (primary N) is 1. The van der Waals surface area contributed by atoms with Gasteiger partial charge in [0.1, 0.15) is 12.5 Å². The van der Waals surface area contributed by atoms with Crippen LogP contribution in [0.3, 0.4) is 0 Å². The zero-order valence-corrected chi connectivity index (χ0v) is 16.4. The summed E-state index contributed by atoms with van der Waals surface area (Å²) in [6.07, 6.45) is 3.32. The number of nitrogens with zero attached hydrogens (tertiary/aromatic N) is 2. The van der Waals surface area contributed by atoms with Crippen LogP contribution in [0.15, 0.2) is 9.98 Å². The standard InChI is InChI=1S/C16H24N4O7S/c1-12(14(17)23)8-28-11-27-16(25)19-6-7-26-15(24)13(20-10-22)4-2-3-5-18-9-21/h12-13H,2-8,11H2,1H3,(H2,17,23)(H,19,25). The summed E-state index contributed by atoms with van der Waals surface area (Å²) < 4.78 is 9.81. The van der Waals surface area contributed by atoms with Crippen molar-refractivity contribution in [2.45, 2.75) is 32.2 Å². The Labute approximate surface area is 166 Å². The molecule has 0 radical (unpaired) electrons. The van der Waals surface area contributed by atoms with Gasteiger partial charge in [0.05, 0.1) is 13.1 Å². The molecular weight excluding hydrogens is 392 g/mol. The van der Waals surface area contributed by atoms with E-state index in [2.05, 4.69) is 15.3 Å². The van der Waals surface area contributed by atoms with Crippen LogP contribution in [0.2, 0.25) is 0 Å². The van der Waals surface area contributed by atoms with Crippen LogP contribution < -0.4 is 11.1 Å². The van der Waals surface area contributed by atoms with Crippen molar-refractivity contribution >= 4 is 41.9 Å². The lowest BCUT2D eigenvalue weighted by Gasteiger charge is -2.11. The molecule has 0 aromatic carbocycles. The first-order valence-corrected chi connectivity index (χ1v) is 9.62. The third-order valence-corrected chi connectivity index (χ3v) is 4.31. The fourth-order valence-electron chi connectivity index (χ4n) is 1.73. The van der Waals surface area contributed by atoms with Crippen LogP contribution in [0.5, 0.6) is 0 Å². The highest BCUT2D eigenvalue weighted by molar-refractivity contribution is 7.99. The summed E-state index contributed by atoms with van der Waals surface area (Å²) in [5.74, 6) is -0.983. The van der Waals surface area contributed by atoms with Crippen molar-refractivity contribution in [3.05, 3.63) is 0 Å². The number of primary amides is 1. The number of amides is 2. The number of alkyl carbamates (subject to hydrolysis) is 1. The first kappa shape index (κ1) is 25.3. The molecule has 0 heterocycles. The van der Waals surface area contributed by atoms with Gasteiger partial charge in [-0.15, -0.1) is 11.8 Å². The van der Waals surface area contributed by atoms with Gasteiger partial charge in [-0.05, 0) is 19.3 Å². The van der Waals surface area contributed by atoms with Gasteiger partial charge in [-0.2, -0.15) is 4.99 Å². The summed E-state index contributed by atoms with van der Waals surface area (Å²) >= 11 is 1.24. The second-order valence-corrected chi connectivity index (χ2v) is 6.50. The van der Waals surface area contributed by atoms with Crippen LogP contribution in [0.4, 0.5) is 4.79 Å². The number of unbranched alkanes of at least 4 members (excludes halogenated alkanes) is 1. The zero-order valence-electron chi connectivity index (χ0n) is 15.5. The van der Waals surface area contributed by atoms with Crippen LogP contribution in [-0.4, -0.2) is 67.6 Å². The monoisotopic (exact) mass is 416 g/mol. The van der Waals surface area contributed by atoms with E-state index in [0.29, 0.717) is 18.6 Å². The molecule has 12 heteroatoms. The number of hydrogen-bond acceptors (Lipinski definition) is 10. The Morgan fingerprint density at radius 1 is 1.18 bits per heavy atom. The molecule has 0 aliphatic heterocycles. The summed E-state index contributed by atoms with van der Waals surface area (Å²) in [5, 5.41) is 2.39.